The van der Waals surface area contributed by atoms with E-state index in [1.807, 2.05) is 12.1 Å². The van der Waals surface area contributed by atoms with Gasteiger partial charge in [0.1, 0.15) is 0 Å². The molecule has 2 aromatic heterocycles. The predicted octanol–water partition coefficient (Wildman–Crippen LogP) is 2.62. The Labute approximate surface area is 157 Å². The van der Waals surface area contributed by atoms with Crippen molar-refractivity contribution in [2.24, 2.45) is 0 Å². The lowest BCUT2D eigenvalue weighted by molar-refractivity contribution is 0.635. The molecule has 1 aliphatic rings. The van der Waals surface area contributed by atoms with Crippen LogP contribution in [0.15, 0.2) is 42.5 Å². The molecule has 3 heterocycles. The molecule has 0 radical (unpaired) electrons. The summed E-state index contributed by atoms with van der Waals surface area (Å²) in [5, 5.41) is 18.7. The molecule has 27 heavy (non-hydrogen) atoms. The maximum atomic E-state index is 4.70. The van der Waals surface area contributed by atoms with Gasteiger partial charge in [0.25, 0.3) is 0 Å². The minimum atomic E-state index is 0.698. The average molecular weight is 359 g/mol. The molecule has 7 nitrogen and oxygen atoms in total. The first-order valence-corrected chi connectivity index (χ1v) is 9.25. The molecule has 4 aromatic rings. The smallest absolute Gasteiger partial charge is 0.207 e. The Morgan fingerprint density at radius 3 is 2.37 bits per heavy atom. The van der Waals surface area contributed by atoms with Crippen molar-refractivity contribution in [2.45, 2.75) is 13.8 Å². The zero-order valence-electron chi connectivity index (χ0n) is 15.5. The zero-order valence-corrected chi connectivity index (χ0v) is 15.5. The number of aromatic nitrogens is 5. The van der Waals surface area contributed by atoms with Gasteiger partial charge < -0.3 is 9.80 Å². The minimum Gasteiger partial charge on any atom is -0.368 e. The normalized spacial score (nSPS) is 15.0. The number of hydrogen-bond acceptors (Lipinski definition) is 6. The van der Waals surface area contributed by atoms with Crippen LogP contribution in [0.1, 0.15) is 11.1 Å². The van der Waals surface area contributed by atoms with E-state index in [1.165, 1.54) is 21.4 Å². The summed E-state index contributed by atoms with van der Waals surface area (Å²) in [6.07, 6.45) is 0. The predicted molar refractivity (Wildman–Crippen MR) is 106 cm³/mol. The molecule has 0 aliphatic carbocycles. The van der Waals surface area contributed by atoms with Crippen molar-refractivity contribution in [1.82, 2.24) is 25.3 Å². The SMILES string of the molecule is Cc1cccc(N2CCN(c3nn4nnnc4c4ccccc34)CC2)c1C. The molecule has 1 fully saturated rings. The Bertz CT molecular complexity index is 1130. The number of anilines is 2. The van der Waals surface area contributed by atoms with Crippen LogP contribution in [0.4, 0.5) is 11.5 Å². The fourth-order valence-corrected chi connectivity index (χ4v) is 3.90. The van der Waals surface area contributed by atoms with Gasteiger partial charge in [0.15, 0.2) is 5.82 Å². The molecule has 0 bridgehead atoms. The molecule has 7 heteroatoms. The zero-order chi connectivity index (χ0) is 18.4. The Kier molecular flexibility index (Phi) is 3.67. The van der Waals surface area contributed by atoms with Crippen LogP contribution < -0.4 is 9.80 Å². The number of rotatable bonds is 2. The topological polar surface area (TPSA) is 62.5 Å². The molecule has 0 unspecified atom stereocenters. The highest BCUT2D eigenvalue weighted by molar-refractivity contribution is 6.00. The van der Waals surface area contributed by atoms with E-state index in [1.54, 1.807) is 0 Å². The van der Waals surface area contributed by atoms with Gasteiger partial charge in [-0.2, -0.15) is 0 Å². The monoisotopic (exact) mass is 359 g/mol. The fourth-order valence-electron chi connectivity index (χ4n) is 3.90. The maximum Gasteiger partial charge on any atom is 0.207 e. The highest BCUT2D eigenvalue weighted by Gasteiger charge is 2.22. The molecule has 0 amide bonds. The Hall–Kier alpha value is -3.22. The molecule has 0 saturated carbocycles. The molecule has 1 aliphatic heterocycles. The Morgan fingerprint density at radius 1 is 0.815 bits per heavy atom. The van der Waals surface area contributed by atoms with Gasteiger partial charge in [-0.15, -0.1) is 14.8 Å². The van der Waals surface area contributed by atoms with E-state index in [-0.39, 0.29) is 0 Å². The van der Waals surface area contributed by atoms with Gasteiger partial charge in [-0.25, -0.2) is 0 Å². The summed E-state index contributed by atoms with van der Waals surface area (Å²) in [7, 11) is 0. The summed E-state index contributed by atoms with van der Waals surface area (Å²) < 4.78 is 1.54. The third-order valence-corrected chi connectivity index (χ3v) is 5.55. The molecule has 136 valence electrons. The van der Waals surface area contributed by atoms with E-state index in [4.69, 9.17) is 5.10 Å². The third kappa shape index (κ3) is 2.58. The molecule has 0 spiro atoms. The second-order valence-electron chi connectivity index (χ2n) is 7.05. The van der Waals surface area contributed by atoms with Crippen LogP contribution in [-0.4, -0.2) is 51.4 Å². The lowest BCUT2D eigenvalue weighted by Crippen LogP contribution is -2.47. The molecular weight excluding hydrogens is 338 g/mol. The van der Waals surface area contributed by atoms with Crippen LogP contribution in [0.2, 0.25) is 0 Å². The Balaban J connectivity index is 1.48. The van der Waals surface area contributed by atoms with Crippen LogP contribution >= 0.6 is 0 Å². The van der Waals surface area contributed by atoms with E-state index in [2.05, 4.69) is 69.5 Å². The fraction of sp³-hybridized carbons (Fsp3) is 0.300. The van der Waals surface area contributed by atoms with Gasteiger partial charge in [-0.05, 0) is 41.5 Å². The largest absolute Gasteiger partial charge is 0.368 e. The first-order chi connectivity index (χ1) is 13.2. The summed E-state index contributed by atoms with van der Waals surface area (Å²) in [5.41, 5.74) is 4.74. The van der Waals surface area contributed by atoms with Gasteiger partial charge in [0.05, 0.1) is 0 Å². The standard InChI is InChI=1S/C20H21N7/c1-14-6-5-9-18(15(14)2)25-10-12-26(13-11-25)20-17-8-4-3-7-16(17)19-21-23-24-27(19)22-20/h3-9H,10-13H2,1-2H3. The van der Waals surface area contributed by atoms with Crippen molar-refractivity contribution < 1.29 is 0 Å². The summed E-state index contributed by atoms with van der Waals surface area (Å²) in [5.74, 6) is 0.950. The number of tetrazole rings is 1. The number of hydrogen-bond donors (Lipinski definition) is 0. The maximum absolute atomic E-state index is 4.70. The van der Waals surface area contributed by atoms with Crippen LogP contribution in [0.3, 0.4) is 0 Å². The molecule has 5 rings (SSSR count). The number of benzene rings is 2. The summed E-state index contributed by atoms with van der Waals surface area (Å²) >= 11 is 0. The van der Waals surface area contributed by atoms with Crippen molar-refractivity contribution >= 4 is 27.9 Å². The molecule has 2 aromatic carbocycles. The lowest BCUT2D eigenvalue weighted by atomic mass is 10.1. The van der Waals surface area contributed by atoms with E-state index in [9.17, 15) is 0 Å². The van der Waals surface area contributed by atoms with Crippen LogP contribution in [0, 0.1) is 13.8 Å². The van der Waals surface area contributed by atoms with Crippen molar-refractivity contribution in [3.05, 3.63) is 53.6 Å². The number of aryl methyl sites for hydroxylation is 1. The number of piperazine rings is 1. The van der Waals surface area contributed by atoms with Crippen LogP contribution in [0.5, 0.6) is 0 Å². The summed E-state index contributed by atoms with van der Waals surface area (Å²) in [6, 6.07) is 14.7. The Morgan fingerprint density at radius 2 is 1.56 bits per heavy atom. The second-order valence-corrected chi connectivity index (χ2v) is 7.05. The second kappa shape index (κ2) is 6.19. The highest BCUT2D eigenvalue weighted by atomic mass is 15.6. The van der Waals surface area contributed by atoms with E-state index < -0.39 is 0 Å². The quantitative estimate of drug-likeness (QED) is 0.548. The number of fused-ring (bicyclic) bond motifs is 3. The van der Waals surface area contributed by atoms with Crippen molar-refractivity contribution in [2.75, 3.05) is 36.0 Å². The van der Waals surface area contributed by atoms with Crippen molar-refractivity contribution in [1.29, 1.82) is 0 Å². The van der Waals surface area contributed by atoms with Crippen LogP contribution in [0.25, 0.3) is 16.4 Å². The molecule has 1 saturated heterocycles. The summed E-state index contributed by atoms with van der Waals surface area (Å²) in [6.45, 7) is 8.14. The van der Waals surface area contributed by atoms with E-state index >= 15 is 0 Å². The summed E-state index contributed by atoms with van der Waals surface area (Å²) in [4.78, 5) is 4.81. The highest BCUT2D eigenvalue weighted by Crippen LogP contribution is 2.29. The van der Waals surface area contributed by atoms with E-state index in [0.717, 1.165) is 42.8 Å². The first-order valence-electron chi connectivity index (χ1n) is 9.25. The lowest BCUT2D eigenvalue weighted by Gasteiger charge is -2.37. The van der Waals surface area contributed by atoms with Gasteiger partial charge in [-0.3, -0.25) is 0 Å². The van der Waals surface area contributed by atoms with Gasteiger partial charge in [-0.1, -0.05) is 36.4 Å². The molecule has 0 atom stereocenters. The van der Waals surface area contributed by atoms with E-state index in [0.29, 0.717) is 5.65 Å². The first kappa shape index (κ1) is 16.0. The molecule has 0 N–H and O–H groups in total. The third-order valence-electron chi connectivity index (χ3n) is 5.55. The molecular formula is C20H21N7. The van der Waals surface area contributed by atoms with Gasteiger partial charge in [0, 0.05) is 42.6 Å². The van der Waals surface area contributed by atoms with Crippen molar-refractivity contribution in [3.8, 4) is 0 Å². The van der Waals surface area contributed by atoms with Crippen LogP contribution in [-0.2, 0) is 0 Å². The van der Waals surface area contributed by atoms with Gasteiger partial charge >= 0.3 is 0 Å². The minimum absolute atomic E-state index is 0.698. The number of nitrogens with zero attached hydrogens (tertiary/aromatic N) is 7. The van der Waals surface area contributed by atoms with Gasteiger partial charge in [0.2, 0.25) is 5.65 Å². The van der Waals surface area contributed by atoms with Crippen molar-refractivity contribution in [3.63, 3.8) is 0 Å². The average Bonchev–Trinajstić information content (AvgIpc) is 3.19.